The van der Waals surface area contributed by atoms with E-state index in [1.165, 1.54) is 0 Å². The van der Waals surface area contributed by atoms with Gasteiger partial charge < -0.3 is 15.2 Å². The van der Waals surface area contributed by atoms with Gasteiger partial charge in [-0.15, -0.1) is 0 Å². The summed E-state index contributed by atoms with van der Waals surface area (Å²) in [6.07, 6.45) is 5.98. The highest BCUT2D eigenvalue weighted by Crippen LogP contribution is 2.50. The van der Waals surface area contributed by atoms with Crippen LogP contribution in [0.25, 0.3) is 0 Å². The number of rotatable bonds is 3. The zero-order chi connectivity index (χ0) is 14.9. The van der Waals surface area contributed by atoms with E-state index in [1.807, 2.05) is 40.0 Å². The summed E-state index contributed by atoms with van der Waals surface area (Å²) < 4.78 is 5.24. The molecule has 0 unspecified atom stereocenters. The number of hydrogen-bond donors (Lipinski definition) is 2. The van der Waals surface area contributed by atoms with Crippen LogP contribution in [0.5, 0.6) is 0 Å². The molecular weight excluding hydrogens is 258 g/mol. The van der Waals surface area contributed by atoms with Crippen LogP contribution in [0.1, 0.15) is 33.6 Å². The Morgan fingerprint density at radius 1 is 1.35 bits per heavy atom. The van der Waals surface area contributed by atoms with Gasteiger partial charge in [0, 0.05) is 18.4 Å². The number of carbonyl (C=O) groups excluding carboxylic acids is 1. The number of carboxylic acid groups (broad SMARTS) is 1. The van der Waals surface area contributed by atoms with Gasteiger partial charge in [-0.05, 0) is 58.3 Å². The Hall–Kier alpha value is -1.26. The Balaban J connectivity index is 1.95. The number of amides is 1. The molecule has 2 saturated carbocycles. The van der Waals surface area contributed by atoms with Crippen molar-refractivity contribution in [3.63, 3.8) is 0 Å². The lowest BCUT2D eigenvalue weighted by atomic mass is 9.89. The van der Waals surface area contributed by atoms with Crippen LogP contribution < -0.4 is 5.32 Å². The zero-order valence-electron chi connectivity index (χ0n) is 12.0. The molecular formula is C15H20NO4. The van der Waals surface area contributed by atoms with Gasteiger partial charge in [0.15, 0.2) is 0 Å². The average molecular weight is 278 g/mol. The van der Waals surface area contributed by atoms with E-state index in [0.717, 1.165) is 11.8 Å². The van der Waals surface area contributed by atoms with E-state index in [0.29, 0.717) is 6.42 Å². The van der Waals surface area contributed by atoms with Gasteiger partial charge in [-0.1, -0.05) is 0 Å². The van der Waals surface area contributed by atoms with Gasteiger partial charge in [0.1, 0.15) is 5.60 Å². The quantitative estimate of drug-likeness (QED) is 0.829. The van der Waals surface area contributed by atoms with Crippen molar-refractivity contribution in [3.05, 3.63) is 31.1 Å². The molecule has 2 N–H and O–H groups in total. The van der Waals surface area contributed by atoms with Crippen molar-refractivity contribution in [3.8, 4) is 0 Å². The van der Waals surface area contributed by atoms with Crippen LogP contribution in [-0.4, -0.2) is 28.8 Å². The minimum Gasteiger partial charge on any atom is -0.481 e. The summed E-state index contributed by atoms with van der Waals surface area (Å²) in [5.74, 6) is 1.16. The second-order valence-corrected chi connectivity index (χ2v) is 6.17. The first kappa shape index (κ1) is 15.1. The summed E-state index contributed by atoms with van der Waals surface area (Å²) in [5, 5.41) is 11.8. The first-order valence-corrected chi connectivity index (χ1v) is 6.73. The molecule has 109 valence electrons. The fourth-order valence-electron chi connectivity index (χ4n) is 2.67. The molecule has 5 heteroatoms. The fourth-order valence-corrected chi connectivity index (χ4v) is 2.67. The van der Waals surface area contributed by atoms with Gasteiger partial charge >= 0.3 is 12.1 Å². The van der Waals surface area contributed by atoms with Gasteiger partial charge in [0.25, 0.3) is 0 Å². The predicted molar refractivity (Wildman–Crippen MR) is 72.9 cm³/mol. The molecule has 1 amide bonds. The SMILES string of the molecule is CC(C)(C)OC(=O)N[C@@H]1C[C@H](CC(=O)O)[C]2[CH][CH][CH][C]21. The van der Waals surface area contributed by atoms with Gasteiger partial charge in [-0.2, -0.15) is 0 Å². The third kappa shape index (κ3) is 3.64. The summed E-state index contributed by atoms with van der Waals surface area (Å²) in [5.41, 5.74) is -0.544. The van der Waals surface area contributed by atoms with Gasteiger partial charge in [-0.3, -0.25) is 4.79 Å². The van der Waals surface area contributed by atoms with E-state index >= 15 is 0 Å². The van der Waals surface area contributed by atoms with Crippen LogP contribution in [0.4, 0.5) is 4.79 Å². The summed E-state index contributed by atoms with van der Waals surface area (Å²) in [7, 11) is 0. The lowest BCUT2D eigenvalue weighted by Crippen LogP contribution is -2.40. The molecule has 5 nitrogen and oxygen atoms in total. The van der Waals surface area contributed by atoms with Crippen LogP contribution in [0.3, 0.4) is 0 Å². The van der Waals surface area contributed by atoms with Crippen LogP contribution in [-0.2, 0) is 9.53 Å². The molecule has 20 heavy (non-hydrogen) atoms. The minimum atomic E-state index is -0.819. The molecule has 0 aliphatic heterocycles. The second-order valence-electron chi connectivity index (χ2n) is 6.17. The number of fused-ring (bicyclic) bond motifs is 1. The maximum absolute atomic E-state index is 11.8. The highest BCUT2D eigenvalue weighted by molar-refractivity contribution is 5.71. The first-order valence-electron chi connectivity index (χ1n) is 6.73. The van der Waals surface area contributed by atoms with E-state index < -0.39 is 17.7 Å². The standard InChI is InChI=1S/C15H20NO4/c1-15(2,3)20-14(19)16-12-7-9(8-13(17)18)10-5-4-6-11(10)12/h4-6,9,12H,7-8H2,1-3H3,(H,16,19)(H,17,18)/t9-,12-/m1/s1. The van der Waals surface area contributed by atoms with Crippen LogP contribution in [0.2, 0.25) is 0 Å². The second kappa shape index (κ2) is 5.62. The Morgan fingerprint density at radius 3 is 2.60 bits per heavy atom. The maximum atomic E-state index is 11.8. The summed E-state index contributed by atoms with van der Waals surface area (Å²) >= 11 is 0. The Bertz CT molecular complexity index is 388. The lowest BCUT2D eigenvalue weighted by molar-refractivity contribution is -0.137. The zero-order valence-corrected chi connectivity index (χ0v) is 12.0. The van der Waals surface area contributed by atoms with Crippen molar-refractivity contribution in [2.24, 2.45) is 5.92 Å². The molecule has 0 aromatic carbocycles. The van der Waals surface area contributed by atoms with Crippen molar-refractivity contribution in [1.82, 2.24) is 5.32 Å². The Labute approximate surface area is 120 Å². The average Bonchev–Trinajstić information content (AvgIpc) is 2.80. The molecule has 0 heterocycles. The van der Waals surface area contributed by atoms with Crippen molar-refractivity contribution in [2.75, 3.05) is 0 Å². The number of carboxylic acids is 1. The maximum Gasteiger partial charge on any atom is 0.407 e. The molecule has 0 aromatic rings. The first-order chi connectivity index (χ1) is 9.26. The van der Waals surface area contributed by atoms with Crippen molar-refractivity contribution >= 4 is 12.1 Å². The minimum absolute atomic E-state index is 0.0440. The number of hydrogen-bond acceptors (Lipinski definition) is 3. The van der Waals surface area contributed by atoms with E-state index in [4.69, 9.17) is 9.84 Å². The van der Waals surface area contributed by atoms with Gasteiger partial charge in [-0.25, -0.2) is 4.79 Å². The molecule has 2 rings (SSSR count). The highest BCUT2D eigenvalue weighted by Gasteiger charge is 2.48. The molecule has 0 aromatic heterocycles. The predicted octanol–water partition coefficient (Wildman–Crippen LogP) is 2.15. The van der Waals surface area contributed by atoms with E-state index in [-0.39, 0.29) is 18.4 Å². The van der Waals surface area contributed by atoms with Gasteiger partial charge in [0.2, 0.25) is 0 Å². The molecule has 2 atom stereocenters. The number of ether oxygens (including phenoxy) is 1. The third-order valence-electron chi connectivity index (χ3n) is 3.33. The van der Waals surface area contributed by atoms with E-state index in [9.17, 15) is 9.59 Å². The van der Waals surface area contributed by atoms with E-state index in [2.05, 4.69) is 5.32 Å². The summed E-state index contributed by atoms with van der Waals surface area (Å²) in [6, 6.07) is -0.167. The van der Waals surface area contributed by atoms with Crippen LogP contribution >= 0.6 is 0 Å². The topological polar surface area (TPSA) is 75.6 Å². The van der Waals surface area contributed by atoms with Crippen LogP contribution in [0.15, 0.2) is 0 Å². The molecule has 5 radical (unpaired) electrons. The molecule has 0 spiro atoms. The lowest BCUT2D eigenvalue weighted by Gasteiger charge is -2.23. The number of alkyl carbamates (subject to hydrolysis) is 1. The van der Waals surface area contributed by atoms with Crippen molar-refractivity contribution in [2.45, 2.75) is 45.3 Å². The number of carbonyl (C=O) groups is 2. The molecule has 2 aliphatic rings. The molecule has 0 saturated heterocycles. The Morgan fingerprint density at radius 2 is 2.00 bits per heavy atom. The fraction of sp³-hybridized carbons (Fsp3) is 0.533. The normalized spacial score (nSPS) is 27.4. The number of aliphatic carboxylic acids is 1. The summed E-state index contributed by atoms with van der Waals surface area (Å²) in [4.78, 5) is 22.7. The largest absolute Gasteiger partial charge is 0.481 e. The van der Waals surface area contributed by atoms with Crippen molar-refractivity contribution < 1.29 is 19.4 Å². The number of nitrogens with one attached hydrogen (secondary N) is 1. The van der Waals surface area contributed by atoms with Crippen molar-refractivity contribution in [1.29, 1.82) is 0 Å². The molecule has 2 fully saturated rings. The monoisotopic (exact) mass is 278 g/mol. The van der Waals surface area contributed by atoms with E-state index in [1.54, 1.807) is 0 Å². The molecule has 0 bridgehead atoms. The Kier molecular flexibility index (Phi) is 4.25. The van der Waals surface area contributed by atoms with Crippen LogP contribution in [0, 0.1) is 37.0 Å². The third-order valence-corrected chi connectivity index (χ3v) is 3.33. The molecule has 2 aliphatic carbocycles. The smallest absolute Gasteiger partial charge is 0.407 e. The van der Waals surface area contributed by atoms with Gasteiger partial charge in [0.05, 0.1) is 0 Å². The summed E-state index contributed by atoms with van der Waals surface area (Å²) in [6.45, 7) is 5.42. The highest BCUT2D eigenvalue weighted by atomic mass is 16.6.